The Kier molecular flexibility index (Phi) is 4.94. The SMILES string of the molecule is CC(=O)CCc1cc(C(C)C)c(C(C)C)cc1O. The fraction of sp³-hybridized carbons (Fsp3) is 0.562. The second-order valence-electron chi connectivity index (χ2n) is 5.62. The molecule has 1 aromatic carbocycles. The Morgan fingerprint density at radius 2 is 1.61 bits per heavy atom. The monoisotopic (exact) mass is 248 g/mol. The molecule has 0 spiro atoms. The van der Waals surface area contributed by atoms with Crippen LogP contribution in [0.5, 0.6) is 5.75 Å². The Bertz CT molecular complexity index is 431. The van der Waals surface area contributed by atoms with E-state index in [1.165, 1.54) is 11.1 Å². The van der Waals surface area contributed by atoms with E-state index in [-0.39, 0.29) is 5.78 Å². The lowest BCUT2D eigenvalue weighted by Gasteiger charge is -2.18. The molecule has 0 bridgehead atoms. The molecule has 0 aromatic heterocycles. The molecule has 18 heavy (non-hydrogen) atoms. The highest BCUT2D eigenvalue weighted by Gasteiger charge is 2.14. The predicted molar refractivity (Wildman–Crippen MR) is 75.3 cm³/mol. The summed E-state index contributed by atoms with van der Waals surface area (Å²) in [6.07, 6.45) is 1.12. The van der Waals surface area contributed by atoms with Crippen LogP contribution in [-0.4, -0.2) is 10.9 Å². The molecule has 1 N–H and O–H groups in total. The molecule has 2 heteroatoms. The molecule has 100 valence electrons. The highest BCUT2D eigenvalue weighted by atomic mass is 16.3. The first-order valence-corrected chi connectivity index (χ1v) is 6.68. The highest BCUT2D eigenvalue weighted by Crippen LogP contribution is 2.32. The number of aromatic hydroxyl groups is 1. The molecule has 0 heterocycles. The first-order valence-electron chi connectivity index (χ1n) is 6.68. The lowest BCUT2D eigenvalue weighted by Crippen LogP contribution is -2.02. The summed E-state index contributed by atoms with van der Waals surface area (Å²) in [5, 5.41) is 10.0. The Balaban J connectivity index is 3.14. The van der Waals surface area contributed by atoms with Gasteiger partial charge < -0.3 is 9.90 Å². The maximum atomic E-state index is 11.0. The average Bonchev–Trinajstić information content (AvgIpc) is 2.26. The van der Waals surface area contributed by atoms with E-state index < -0.39 is 0 Å². The third-order valence-corrected chi connectivity index (χ3v) is 3.27. The maximum absolute atomic E-state index is 11.0. The van der Waals surface area contributed by atoms with E-state index in [4.69, 9.17) is 0 Å². The predicted octanol–water partition coefficient (Wildman–Crippen LogP) is 4.16. The Morgan fingerprint density at radius 3 is 2.06 bits per heavy atom. The van der Waals surface area contributed by atoms with Crippen LogP contribution in [0, 0.1) is 0 Å². The van der Waals surface area contributed by atoms with Gasteiger partial charge in [-0.25, -0.2) is 0 Å². The number of phenolic OH excluding ortho intramolecular Hbond substituents is 1. The summed E-state index contributed by atoms with van der Waals surface area (Å²) >= 11 is 0. The molecule has 1 aromatic rings. The zero-order valence-corrected chi connectivity index (χ0v) is 12.1. The van der Waals surface area contributed by atoms with Crippen LogP contribution in [0.3, 0.4) is 0 Å². The number of hydrogen-bond acceptors (Lipinski definition) is 2. The lowest BCUT2D eigenvalue weighted by atomic mass is 9.88. The van der Waals surface area contributed by atoms with E-state index in [0.717, 1.165) is 5.56 Å². The van der Waals surface area contributed by atoms with Crippen molar-refractivity contribution in [1.29, 1.82) is 0 Å². The van der Waals surface area contributed by atoms with Crippen LogP contribution in [0.4, 0.5) is 0 Å². The van der Waals surface area contributed by atoms with Gasteiger partial charge in [-0.3, -0.25) is 0 Å². The Morgan fingerprint density at radius 1 is 1.11 bits per heavy atom. The molecule has 0 amide bonds. The first kappa shape index (κ1) is 14.7. The number of ketones is 1. The summed E-state index contributed by atoms with van der Waals surface area (Å²) in [5.74, 6) is 1.31. The van der Waals surface area contributed by atoms with Crippen molar-refractivity contribution in [3.05, 3.63) is 28.8 Å². The van der Waals surface area contributed by atoms with Gasteiger partial charge in [-0.15, -0.1) is 0 Å². The van der Waals surface area contributed by atoms with Crippen LogP contribution in [0.1, 0.15) is 69.6 Å². The summed E-state index contributed by atoms with van der Waals surface area (Å²) in [4.78, 5) is 11.0. The second-order valence-corrected chi connectivity index (χ2v) is 5.62. The second kappa shape index (κ2) is 6.03. The fourth-order valence-corrected chi connectivity index (χ4v) is 2.18. The molecule has 0 unspecified atom stereocenters. The van der Waals surface area contributed by atoms with Gasteiger partial charge in [0.25, 0.3) is 0 Å². The number of Topliss-reactive ketones (excluding diaryl/α,β-unsaturated/α-hetero) is 1. The topological polar surface area (TPSA) is 37.3 Å². The summed E-state index contributed by atoms with van der Waals surface area (Å²) in [6, 6.07) is 3.94. The van der Waals surface area contributed by atoms with Crippen LogP contribution in [0.25, 0.3) is 0 Å². The van der Waals surface area contributed by atoms with Gasteiger partial charge in [0.05, 0.1) is 0 Å². The molecular weight excluding hydrogens is 224 g/mol. The van der Waals surface area contributed by atoms with Crippen LogP contribution >= 0.6 is 0 Å². The van der Waals surface area contributed by atoms with Gasteiger partial charge in [0, 0.05) is 6.42 Å². The molecule has 0 saturated carbocycles. The van der Waals surface area contributed by atoms with E-state index in [0.29, 0.717) is 30.4 Å². The van der Waals surface area contributed by atoms with E-state index in [1.54, 1.807) is 6.92 Å². The van der Waals surface area contributed by atoms with Gasteiger partial charge in [0.1, 0.15) is 11.5 Å². The van der Waals surface area contributed by atoms with Gasteiger partial charge in [-0.1, -0.05) is 33.8 Å². The highest BCUT2D eigenvalue weighted by molar-refractivity contribution is 5.75. The average molecular weight is 248 g/mol. The van der Waals surface area contributed by atoms with Crippen molar-refractivity contribution in [2.24, 2.45) is 0 Å². The van der Waals surface area contributed by atoms with Crippen LogP contribution in [-0.2, 0) is 11.2 Å². The number of carbonyl (C=O) groups excluding carboxylic acids is 1. The minimum Gasteiger partial charge on any atom is -0.508 e. The molecule has 0 atom stereocenters. The van der Waals surface area contributed by atoms with E-state index in [2.05, 4.69) is 33.8 Å². The lowest BCUT2D eigenvalue weighted by molar-refractivity contribution is -0.116. The van der Waals surface area contributed by atoms with E-state index >= 15 is 0 Å². The van der Waals surface area contributed by atoms with Gasteiger partial charge in [0.15, 0.2) is 0 Å². The summed E-state index contributed by atoms with van der Waals surface area (Å²) in [5.41, 5.74) is 3.37. The number of hydrogen-bond donors (Lipinski definition) is 1. The molecule has 0 aliphatic heterocycles. The number of rotatable bonds is 5. The fourth-order valence-electron chi connectivity index (χ4n) is 2.18. The molecule has 0 radical (unpaired) electrons. The van der Waals surface area contributed by atoms with Crippen molar-refractivity contribution in [1.82, 2.24) is 0 Å². The standard InChI is InChI=1S/C16H24O2/c1-10(2)14-8-13(7-6-12(5)17)16(18)9-15(14)11(3)4/h8-11,18H,6-7H2,1-5H3. The Labute approximate surface area is 110 Å². The van der Waals surface area contributed by atoms with Crippen LogP contribution in [0.2, 0.25) is 0 Å². The number of carbonyl (C=O) groups is 1. The van der Waals surface area contributed by atoms with Crippen molar-refractivity contribution in [3.8, 4) is 5.75 Å². The normalized spacial score (nSPS) is 11.3. The zero-order valence-electron chi connectivity index (χ0n) is 12.1. The molecular formula is C16H24O2. The van der Waals surface area contributed by atoms with Crippen molar-refractivity contribution in [3.63, 3.8) is 0 Å². The largest absolute Gasteiger partial charge is 0.508 e. The molecule has 0 fully saturated rings. The zero-order chi connectivity index (χ0) is 13.9. The number of phenols is 1. The van der Waals surface area contributed by atoms with E-state index in [9.17, 15) is 9.90 Å². The van der Waals surface area contributed by atoms with Crippen molar-refractivity contribution in [2.75, 3.05) is 0 Å². The van der Waals surface area contributed by atoms with Crippen LogP contribution < -0.4 is 0 Å². The maximum Gasteiger partial charge on any atom is 0.130 e. The summed E-state index contributed by atoms with van der Waals surface area (Å²) < 4.78 is 0. The van der Waals surface area contributed by atoms with Gasteiger partial charge in [-0.05, 0) is 47.9 Å². The van der Waals surface area contributed by atoms with Gasteiger partial charge in [-0.2, -0.15) is 0 Å². The van der Waals surface area contributed by atoms with Crippen molar-refractivity contribution in [2.45, 2.75) is 59.3 Å². The molecule has 0 aliphatic carbocycles. The van der Waals surface area contributed by atoms with Gasteiger partial charge >= 0.3 is 0 Å². The third kappa shape index (κ3) is 3.59. The minimum atomic E-state index is 0.161. The minimum absolute atomic E-state index is 0.161. The number of aryl methyl sites for hydroxylation is 1. The molecule has 0 saturated heterocycles. The van der Waals surface area contributed by atoms with E-state index in [1.807, 2.05) is 6.07 Å². The smallest absolute Gasteiger partial charge is 0.130 e. The number of benzene rings is 1. The first-order chi connectivity index (χ1) is 8.32. The quantitative estimate of drug-likeness (QED) is 0.849. The third-order valence-electron chi connectivity index (χ3n) is 3.27. The Hall–Kier alpha value is -1.31. The van der Waals surface area contributed by atoms with Crippen molar-refractivity contribution >= 4 is 5.78 Å². The molecule has 1 rings (SSSR count). The molecule has 0 aliphatic rings. The summed E-state index contributed by atoms with van der Waals surface area (Å²) in [7, 11) is 0. The van der Waals surface area contributed by atoms with Crippen LogP contribution in [0.15, 0.2) is 12.1 Å². The van der Waals surface area contributed by atoms with Crippen molar-refractivity contribution < 1.29 is 9.90 Å². The van der Waals surface area contributed by atoms with Gasteiger partial charge in [0.2, 0.25) is 0 Å². The summed E-state index contributed by atoms with van der Waals surface area (Å²) in [6.45, 7) is 10.2. The molecule has 2 nitrogen and oxygen atoms in total.